The van der Waals surface area contributed by atoms with Crippen LogP contribution in [-0.2, 0) is 23.1 Å². The van der Waals surface area contributed by atoms with Crippen LogP contribution in [0.3, 0.4) is 0 Å². The number of ether oxygens (including phenoxy) is 1. The summed E-state index contributed by atoms with van der Waals surface area (Å²) in [6, 6.07) is 3.43. The van der Waals surface area contributed by atoms with Gasteiger partial charge in [0, 0.05) is 17.1 Å². The van der Waals surface area contributed by atoms with Gasteiger partial charge in [0.25, 0.3) is 0 Å². The molecule has 0 aliphatic carbocycles. The van der Waals surface area contributed by atoms with Gasteiger partial charge in [0.15, 0.2) is 11.6 Å². The zero-order valence-corrected chi connectivity index (χ0v) is 15.9. The Kier molecular flexibility index (Phi) is 3.87. The van der Waals surface area contributed by atoms with Gasteiger partial charge in [0.1, 0.15) is 11.4 Å². The van der Waals surface area contributed by atoms with Gasteiger partial charge in [-0.15, -0.1) is 0 Å². The fourth-order valence-corrected chi connectivity index (χ4v) is 3.45. The van der Waals surface area contributed by atoms with Crippen LogP contribution in [0.25, 0.3) is 22.3 Å². The third-order valence-electron chi connectivity index (χ3n) is 5.04. The first-order chi connectivity index (χ1) is 14.2. The predicted molar refractivity (Wildman–Crippen MR) is 102 cm³/mol. The summed E-state index contributed by atoms with van der Waals surface area (Å²) >= 11 is 0. The maximum absolute atomic E-state index is 13.0. The molecule has 8 nitrogen and oxygen atoms in total. The molecule has 3 aromatic heterocycles. The molecule has 0 saturated heterocycles. The molecule has 0 radical (unpaired) electrons. The number of H-pyrrole nitrogens is 2. The van der Waals surface area contributed by atoms with Gasteiger partial charge in [0.2, 0.25) is 0 Å². The van der Waals surface area contributed by atoms with Crippen molar-refractivity contribution in [1.82, 2.24) is 30.4 Å². The van der Waals surface area contributed by atoms with E-state index in [9.17, 15) is 13.2 Å². The van der Waals surface area contributed by atoms with Crippen molar-refractivity contribution in [3.8, 4) is 11.4 Å². The second-order valence-corrected chi connectivity index (χ2v) is 7.46. The van der Waals surface area contributed by atoms with Crippen molar-refractivity contribution in [3.05, 3.63) is 47.4 Å². The minimum absolute atomic E-state index is 0.268. The molecule has 1 aliphatic heterocycles. The lowest BCUT2D eigenvalue weighted by atomic mass is 10.0. The molecule has 0 bridgehead atoms. The van der Waals surface area contributed by atoms with Crippen molar-refractivity contribution in [2.75, 3.05) is 5.32 Å². The van der Waals surface area contributed by atoms with E-state index in [-0.39, 0.29) is 5.52 Å². The van der Waals surface area contributed by atoms with E-state index in [2.05, 4.69) is 35.7 Å². The lowest BCUT2D eigenvalue weighted by Gasteiger charge is -2.18. The zero-order chi connectivity index (χ0) is 21.1. The van der Waals surface area contributed by atoms with Crippen molar-refractivity contribution in [1.29, 1.82) is 0 Å². The Bertz CT molecular complexity index is 1250. The Hall–Kier alpha value is -3.47. The van der Waals surface area contributed by atoms with Crippen molar-refractivity contribution in [3.63, 3.8) is 0 Å². The van der Waals surface area contributed by atoms with Crippen LogP contribution < -0.4 is 5.32 Å². The molecule has 30 heavy (non-hydrogen) atoms. The highest BCUT2D eigenvalue weighted by Crippen LogP contribution is 2.40. The van der Waals surface area contributed by atoms with Gasteiger partial charge in [-0.1, -0.05) is 0 Å². The fourth-order valence-electron chi connectivity index (χ4n) is 3.45. The summed E-state index contributed by atoms with van der Waals surface area (Å²) in [6.45, 7) is 4.13. The van der Waals surface area contributed by atoms with Gasteiger partial charge in [-0.3, -0.25) is 10.2 Å². The second-order valence-electron chi connectivity index (χ2n) is 7.46. The fraction of sp³-hybridized carbons (Fsp3) is 0.263. The molecule has 1 aliphatic rings. The SMILES string of the molecule is CC1(C)OCc2c(Nc3n[nH]c4cc(C(F)(F)F)ccc34)nc(-c3cn[nH]c3)nc21. The molecule has 0 spiro atoms. The third-order valence-corrected chi connectivity index (χ3v) is 5.04. The Morgan fingerprint density at radius 3 is 2.73 bits per heavy atom. The second kappa shape index (κ2) is 6.26. The third kappa shape index (κ3) is 2.98. The van der Waals surface area contributed by atoms with E-state index >= 15 is 0 Å². The van der Waals surface area contributed by atoms with Gasteiger partial charge in [-0.25, -0.2) is 9.97 Å². The molecule has 3 N–H and O–H groups in total. The average Bonchev–Trinajstić information content (AvgIpc) is 3.41. The number of benzene rings is 1. The molecule has 4 heterocycles. The summed E-state index contributed by atoms with van der Waals surface area (Å²) in [4.78, 5) is 9.24. The molecule has 5 rings (SSSR count). The van der Waals surface area contributed by atoms with E-state index in [0.717, 1.165) is 23.4 Å². The molecule has 0 atom stereocenters. The summed E-state index contributed by atoms with van der Waals surface area (Å²) in [5.74, 6) is 1.29. The Labute approximate surface area is 167 Å². The van der Waals surface area contributed by atoms with Gasteiger partial charge < -0.3 is 10.1 Å². The van der Waals surface area contributed by atoms with Crippen molar-refractivity contribution < 1.29 is 17.9 Å². The maximum Gasteiger partial charge on any atom is 0.416 e. The monoisotopic (exact) mass is 415 g/mol. The smallest absolute Gasteiger partial charge is 0.364 e. The van der Waals surface area contributed by atoms with Crippen LogP contribution in [0.2, 0.25) is 0 Å². The average molecular weight is 415 g/mol. The summed E-state index contributed by atoms with van der Waals surface area (Å²) in [6.07, 6.45) is -1.14. The molecule has 154 valence electrons. The minimum atomic E-state index is -4.43. The Morgan fingerprint density at radius 2 is 2.00 bits per heavy atom. The van der Waals surface area contributed by atoms with E-state index in [4.69, 9.17) is 4.74 Å². The van der Waals surface area contributed by atoms with Crippen LogP contribution in [0.5, 0.6) is 0 Å². The van der Waals surface area contributed by atoms with E-state index in [0.29, 0.717) is 35.0 Å². The quantitative estimate of drug-likeness (QED) is 0.462. The number of nitrogens with one attached hydrogen (secondary N) is 3. The molecule has 11 heteroatoms. The summed E-state index contributed by atoms with van der Waals surface area (Å²) < 4.78 is 44.8. The highest BCUT2D eigenvalue weighted by atomic mass is 19.4. The van der Waals surface area contributed by atoms with Crippen LogP contribution in [0, 0.1) is 0 Å². The molecular weight excluding hydrogens is 399 g/mol. The molecular formula is C19H16F3N7O. The molecule has 0 amide bonds. The lowest BCUT2D eigenvalue weighted by molar-refractivity contribution is -0.137. The van der Waals surface area contributed by atoms with E-state index in [1.807, 2.05) is 13.8 Å². The molecule has 4 aromatic rings. The number of hydrogen-bond donors (Lipinski definition) is 3. The van der Waals surface area contributed by atoms with Crippen molar-refractivity contribution in [2.24, 2.45) is 0 Å². The number of halogens is 3. The lowest BCUT2D eigenvalue weighted by Crippen LogP contribution is -2.17. The first-order valence-electron chi connectivity index (χ1n) is 9.09. The van der Waals surface area contributed by atoms with Crippen LogP contribution in [-0.4, -0.2) is 30.4 Å². The zero-order valence-electron chi connectivity index (χ0n) is 15.9. The van der Waals surface area contributed by atoms with Crippen LogP contribution in [0.4, 0.5) is 24.8 Å². The Morgan fingerprint density at radius 1 is 1.17 bits per heavy atom. The molecule has 0 unspecified atom stereocenters. The highest BCUT2D eigenvalue weighted by Gasteiger charge is 2.36. The summed E-state index contributed by atoms with van der Waals surface area (Å²) in [5, 5.41) is 17.1. The van der Waals surface area contributed by atoms with E-state index < -0.39 is 17.3 Å². The van der Waals surface area contributed by atoms with Crippen molar-refractivity contribution >= 4 is 22.5 Å². The first kappa shape index (κ1) is 18.6. The number of anilines is 2. The van der Waals surface area contributed by atoms with Gasteiger partial charge in [-0.2, -0.15) is 23.4 Å². The van der Waals surface area contributed by atoms with Gasteiger partial charge in [0.05, 0.1) is 35.1 Å². The standard InChI is InChI=1S/C19H16F3N7O/c1-18(2)14-12(8-30-18)16(26-15(25-14)9-6-23-24-7-9)27-17-11-4-3-10(19(20,21)22)5-13(11)28-29-17/h3-7H,8H2,1-2H3,(H,23,24)(H2,25,26,27,28,29). The number of aromatic nitrogens is 6. The topological polar surface area (TPSA) is 104 Å². The highest BCUT2D eigenvalue weighted by molar-refractivity contribution is 5.92. The number of rotatable bonds is 3. The number of alkyl halides is 3. The van der Waals surface area contributed by atoms with Gasteiger partial charge >= 0.3 is 6.18 Å². The minimum Gasteiger partial charge on any atom is -0.364 e. The van der Waals surface area contributed by atoms with E-state index in [1.54, 1.807) is 12.4 Å². The maximum atomic E-state index is 13.0. The largest absolute Gasteiger partial charge is 0.416 e. The predicted octanol–water partition coefficient (Wildman–Crippen LogP) is 4.27. The first-order valence-corrected chi connectivity index (χ1v) is 9.09. The molecule has 1 aromatic carbocycles. The van der Waals surface area contributed by atoms with E-state index in [1.165, 1.54) is 6.07 Å². The molecule has 0 fully saturated rings. The summed E-state index contributed by atoms with van der Waals surface area (Å²) in [7, 11) is 0. The molecule has 0 saturated carbocycles. The van der Waals surface area contributed by atoms with Crippen LogP contribution in [0.1, 0.15) is 30.7 Å². The van der Waals surface area contributed by atoms with Gasteiger partial charge in [-0.05, 0) is 32.0 Å². The van der Waals surface area contributed by atoms with Crippen LogP contribution in [0.15, 0.2) is 30.6 Å². The normalized spacial score (nSPS) is 15.5. The number of aromatic amines is 2. The number of nitrogens with zero attached hydrogens (tertiary/aromatic N) is 4. The Balaban J connectivity index is 1.60. The van der Waals surface area contributed by atoms with Crippen molar-refractivity contribution in [2.45, 2.75) is 32.2 Å². The number of fused-ring (bicyclic) bond motifs is 2. The van der Waals surface area contributed by atoms with Crippen LogP contribution >= 0.6 is 0 Å². The summed E-state index contributed by atoms with van der Waals surface area (Å²) in [5.41, 5.74) is 1.12. The number of hydrogen-bond acceptors (Lipinski definition) is 6.